The third-order valence-corrected chi connectivity index (χ3v) is 6.51. The first-order valence-electron chi connectivity index (χ1n) is 7.94. The average Bonchev–Trinajstić information content (AvgIpc) is 2.75. The lowest BCUT2D eigenvalue weighted by Gasteiger charge is -2.32. The highest BCUT2D eigenvalue weighted by Crippen LogP contribution is 2.47. The van der Waals surface area contributed by atoms with Crippen molar-refractivity contribution in [3.8, 4) is 5.75 Å². The highest BCUT2D eigenvalue weighted by atomic mass is 31.2. The van der Waals surface area contributed by atoms with Gasteiger partial charge in [0, 0.05) is 14.2 Å². The minimum atomic E-state index is -3.41. The summed E-state index contributed by atoms with van der Waals surface area (Å²) in [5.41, 5.74) is -0.0768. The lowest BCUT2D eigenvalue weighted by atomic mass is 9.79. The fraction of sp³-hybridized carbons (Fsp3) is 0.625. The SMILES string of the molecule is CCOc1cc(B2OC(C)(C)C(C)(C)O2)ccc1P(=O)(OC)OC. The van der Waals surface area contributed by atoms with Gasteiger partial charge in [-0.2, -0.15) is 0 Å². The van der Waals surface area contributed by atoms with Crippen LogP contribution in [0.25, 0.3) is 0 Å². The zero-order chi connectivity index (χ0) is 18.2. The smallest absolute Gasteiger partial charge is 0.493 e. The van der Waals surface area contributed by atoms with E-state index in [-0.39, 0.29) is 0 Å². The molecule has 0 aliphatic carbocycles. The molecular weight excluding hydrogens is 330 g/mol. The Morgan fingerprint density at radius 3 is 2.08 bits per heavy atom. The Labute approximate surface area is 144 Å². The molecule has 1 aromatic rings. The molecule has 0 atom stereocenters. The molecule has 24 heavy (non-hydrogen) atoms. The van der Waals surface area contributed by atoms with Crippen molar-refractivity contribution < 1.29 is 27.7 Å². The van der Waals surface area contributed by atoms with Gasteiger partial charge in [0.15, 0.2) is 0 Å². The number of rotatable bonds is 6. The molecule has 0 amide bonds. The number of benzene rings is 1. The molecule has 0 radical (unpaired) electrons. The van der Waals surface area contributed by atoms with Gasteiger partial charge < -0.3 is 23.1 Å². The van der Waals surface area contributed by atoms with Gasteiger partial charge in [-0.1, -0.05) is 6.07 Å². The Morgan fingerprint density at radius 2 is 1.62 bits per heavy atom. The largest absolute Gasteiger partial charge is 0.494 e. The average molecular weight is 356 g/mol. The molecule has 6 nitrogen and oxygen atoms in total. The second kappa shape index (κ2) is 6.81. The molecule has 1 saturated heterocycles. The van der Waals surface area contributed by atoms with E-state index in [0.29, 0.717) is 17.7 Å². The van der Waals surface area contributed by atoms with E-state index >= 15 is 0 Å². The third-order valence-electron chi connectivity index (χ3n) is 4.58. The second-order valence-corrected chi connectivity index (χ2v) is 8.82. The van der Waals surface area contributed by atoms with Crippen LogP contribution in [0.5, 0.6) is 5.75 Å². The summed E-state index contributed by atoms with van der Waals surface area (Å²) in [5, 5.41) is 0.384. The summed E-state index contributed by atoms with van der Waals surface area (Å²) in [7, 11) is -1.23. The second-order valence-electron chi connectivity index (χ2n) is 6.61. The lowest BCUT2D eigenvalue weighted by molar-refractivity contribution is 0.00578. The van der Waals surface area contributed by atoms with Crippen LogP contribution < -0.4 is 15.5 Å². The number of hydrogen-bond acceptors (Lipinski definition) is 6. The summed E-state index contributed by atoms with van der Waals surface area (Å²) in [5.74, 6) is 0.441. The van der Waals surface area contributed by atoms with Crippen molar-refractivity contribution in [2.45, 2.75) is 45.8 Å². The third kappa shape index (κ3) is 3.42. The maximum absolute atomic E-state index is 12.7. The van der Waals surface area contributed by atoms with Crippen molar-refractivity contribution in [1.82, 2.24) is 0 Å². The van der Waals surface area contributed by atoms with Crippen LogP contribution in [0.15, 0.2) is 18.2 Å². The predicted molar refractivity (Wildman–Crippen MR) is 94.6 cm³/mol. The summed E-state index contributed by atoms with van der Waals surface area (Å²) in [4.78, 5) is 0. The first-order valence-corrected chi connectivity index (χ1v) is 9.49. The molecule has 1 aliphatic heterocycles. The Kier molecular flexibility index (Phi) is 5.53. The van der Waals surface area contributed by atoms with E-state index in [0.717, 1.165) is 5.46 Å². The number of ether oxygens (including phenoxy) is 1. The van der Waals surface area contributed by atoms with Crippen LogP contribution in [-0.2, 0) is 22.9 Å². The van der Waals surface area contributed by atoms with Gasteiger partial charge in [0.1, 0.15) is 11.1 Å². The summed E-state index contributed by atoms with van der Waals surface area (Å²) >= 11 is 0. The van der Waals surface area contributed by atoms with Crippen LogP contribution in [0, 0.1) is 0 Å². The summed E-state index contributed by atoms with van der Waals surface area (Å²) in [6.07, 6.45) is 0. The first-order chi connectivity index (χ1) is 11.1. The molecule has 1 aliphatic rings. The van der Waals surface area contributed by atoms with E-state index in [4.69, 9.17) is 23.1 Å². The fourth-order valence-electron chi connectivity index (χ4n) is 2.43. The van der Waals surface area contributed by atoms with Gasteiger partial charge in [-0.15, -0.1) is 0 Å². The molecule has 0 saturated carbocycles. The standard InChI is InChI=1S/C16H26BO6P/c1-8-21-13-11-12(9-10-14(13)24(18,19-6)20-7)17-22-15(2,3)16(4,5)23-17/h9-11H,8H2,1-7H3. The molecule has 1 fully saturated rings. The quantitative estimate of drug-likeness (QED) is 0.577. The van der Waals surface area contributed by atoms with Crippen LogP contribution >= 0.6 is 7.60 Å². The normalized spacial score (nSPS) is 19.5. The molecular formula is C16H26BO6P. The fourth-order valence-corrected chi connectivity index (χ4v) is 3.62. The van der Waals surface area contributed by atoms with Gasteiger partial charge in [0.25, 0.3) is 0 Å². The molecule has 2 rings (SSSR count). The van der Waals surface area contributed by atoms with Gasteiger partial charge in [0.2, 0.25) is 0 Å². The van der Waals surface area contributed by atoms with Crippen molar-refractivity contribution in [2.24, 2.45) is 0 Å². The van der Waals surface area contributed by atoms with Crippen molar-refractivity contribution in [2.75, 3.05) is 20.8 Å². The van der Waals surface area contributed by atoms with E-state index in [9.17, 15) is 4.57 Å². The van der Waals surface area contributed by atoms with Crippen LogP contribution in [0.1, 0.15) is 34.6 Å². The van der Waals surface area contributed by atoms with Crippen molar-refractivity contribution in [3.63, 3.8) is 0 Å². The van der Waals surface area contributed by atoms with Gasteiger partial charge in [-0.25, -0.2) is 0 Å². The Morgan fingerprint density at radius 1 is 1.08 bits per heavy atom. The predicted octanol–water partition coefficient (Wildman–Crippen LogP) is 2.50. The first kappa shape index (κ1) is 19.5. The molecule has 0 aromatic heterocycles. The maximum atomic E-state index is 12.7. The van der Waals surface area contributed by atoms with E-state index < -0.39 is 25.9 Å². The van der Waals surface area contributed by atoms with E-state index in [1.54, 1.807) is 18.2 Å². The van der Waals surface area contributed by atoms with Crippen molar-refractivity contribution in [1.29, 1.82) is 0 Å². The zero-order valence-corrected chi connectivity index (χ0v) is 16.3. The summed E-state index contributed by atoms with van der Waals surface area (Å²) < 4.78 is 40.6. The van der Waals surface area contributed by atoms with Crippen LogP contribution in [-0.4, -0.2) is 39.1 Å². The molecule has 0 unspecified atom stereocenters. The van der Waals surface area contributed by atoms with Crippen LogP contribution in [0.4, 0.5) is 0 Å². The summed E-state index contributed by atoms with van der Waals surface area (Å²) in [6, 6.07) is 5.25. The van der Waals surface area contributed by atoms with Crippen LogP contribution in [0.3, 0.4) is 0 Å². The topological polar surface area (TPSA) is 63.2 Å². The minimum Gasteiger partial charge on any atom is -0.493 e. The molecule has 0 spiro atoms. The maximum Gasteiger partial charge on any atom is 0.494 e. The number of hydrogen-bond donors (Lipinski definition) is 0. The minimum absolute atomic E-state index is 0.384. The van der Waals surface area contributed by atoms with Gasteiger partial charge >= 0.3 is 14.7 Å². The molecule has 1 aromatic carbocycles. The van der Waals surface area contributed by atoms with Gasteiger partial charge in [0.05, 0.1) is 17.8 Å². The van der Waals surface area contributed by atoms with E-state index in [1.807, 2.05) is 34.6 Å². The zero-order valence-electron chi connectivity index (χ0n) is 15.4. The van der Waals surface area contributed by atoms with Gasteiger partial charge in [-0.05, 0) is 52.2 Å². The molecule has 8 heteroatoms. The Hall–Kier alpha value is -0.845. The van der Waals surface area contributed by atoms with Gasteiger partial charge in [-0.3, -0.25) is 4.57 Å². The highest BCUT2D eigenvalue weighted by Gasteiger charge is 2.52. The van der Waals surface area contributed by atoms with Crippen molar-refractivity contribution in [3.05, 3.63) is 18.2 Å². The summed E-state index contributed by atoms with van der Waals surface area (Å²) in [6.45, 7) is 10.3. The lowest BCUT2D eigenvalue weighted by Crippen LogP contribution is -2.41. The monoisotopic (exact) mass is 356 g/mol. The Balaban J connectivity index is 2.42. The van der Waals surface area contributed by atoms with E-state index in [1.165, 1.54) is 14.2 Å². The highest BCUT2D eigenvalue weighted by molar-refractivity contribution is 7.62. The van der Waals surface area contributed by atoms with E-state index in [2.05, 4.69) is 0 Å². The Bertz CT molecular complexity index is 621. The molecule has 1 heterocycles. The molecule has 0 N–H and O–H groups in total. The van der Waals surface area contributed by atoms with Crippen LogP contribution in [0.2, 0.25) is 0 Å². The van der Waals surface area contributed by atoms with Crippen molar-refractivity contribution >= 4 is 25.5 Å². The molecule has 134 valence electrons. The molecule has 0 bridgehead atoms.